The highest BCUT2D eigenvalue weighted by atomic mass is 16.5. The number of hydrogen-bond acceptors (Lipinski definition) is 2. The van der Waals surface area contributed by atoms with E-state index in [0.29, 0.717) is 13.2 Å². The van der Waals surface area contributed by atoms with Gasteiger partial charge in [0.25, 0.3) is 0 Å². The summed E-state index contributed by atoms with van der Waals surface area (Å²) in [6.45, 7) is 6.63. The molecule has 3 nitrogen and oxygen atoms in total. The van der Waals surface area contributed by atoms with E-state index in [4.69, 9.17) is 4.74 Å². The summed E-state index contributed by atoms with van der Waals surface area (Å²) in [5.74, 6) is 0.00569. The fourth-order valence-corrected chi connectivity index (χ4v) is 0.815. The highest BCUT2D eigenvalue weighted by Crippen LogP contribution is 2.00. The molecule has 0 bridgehead atoms. The molecule has 1 saturated heterocycles. The Labute approximate surface area is 60.3 Å². The van der Waals surface area contributed by atoms with Crippen molar-refractivity contribution in [1.29, 1.82) is 0 Å². The fraction of sp³-hybridized carbons (Fsp3) is 0.429. The summed E-state index contributed by atoms with van der Waals surface area (Å²) < 4.78 is 4.91. The fourth-order valence-electron chi connectivity index (χ4n) is 0.815. The maximum Gasteiger partial charge on any atom is 0.249 e. The van der Waals surface area contributed by atoms with Gasteiger partial charge in [-0.2, -0.15) is 0 Å². The Balaban J connectivity index is 2.39. The van der Waals surface area contributed by atoms with E-state index in [0.717, 1.165) is 0 Å². The topological polar surface area (TPSA) is 29.5 Å². The van der Waals surface area contributed by atoms with Crippen LogP contribution in [0.2, 0.25) is 0 Å². The van der Waals surface area contributed by atoms with Crippen LogP contribution in [0.15, 0.2) is 12.7 Å². The number of rotatable bonds is 2. The second-order valence-corrected chi connectivity index (χ2v) is 2.02. The van der Waals surface area contributed by atoms with E-state index in [9.17, 15) is 4.79 Å². The largest absolute Gasteiger partial charge is 0.370 e. The van der Waals surface area contributed by atoms with Gasteiger partial charge in [-0.3, -0.25) is 4.79 Å². The number of carbonyl (C=O) groups is 1. The molecule has 0 atom stereocenters. The third-order valence-electron chi connectivity index (χ3n) is 1.31. The van der Waals surface area contributed by atoms with E-state index in [1.807, 2.05) is 0 Å². The van der Waals surface area contributed by atoms with Crippen LogP contribution >= 0.6 is 0 Å². The third-order valence-corrected chi connectivity index (χ3v) is 1.31. The summed E-state index contributed by atoms with van der Waals surface area (Å²) in [4.78, 5) is 12.5. The Morgan fingerprint density at radius 2 is 2.50 bits per heavy atom. The van der Waals surface area contributed by atoms with E-state index in [-0.39, 0.29) is 12.5 Å². The number of hydrogen-bond donors (Lipinski definition) is 0. The Hall–Kier alpha value is -0.830. The molecule has 1 aliphatic heterocycles. The molecular weight excluding hydrogens is 130 g/mol. The third kappa shape index (κ3) is 1.57. The average Bonchev–Trinajstić information content (AvgIpc) is 1.94. The number of amides is 1. The van der Waals surface area contributed by atoms with E-state index in [2.05, 4.69) is 6.58 Å². The summed E-state index contributed by atoms with van der Waals surface area (Å²) in [5, 5.41) is 0. The molecule has 0 aromatic rings. The van der Waals surface area contributed by atoms with Crippen LogP contribution in [0.3, 0.4) is 0 Å². The first-order valence-electron chi connectivity index (χ1n) is 3.17. The molecule has 0 aromatic heterocycles. The zero-order chi connectivity index (χ0) is 7.40. The summed E-state index contributed by atoms with van der Waals surface area (Å²) >= 11 is 0. The minimum Gasteiger partial charge on any atom is -0.370 e. The summed E-state index contributed by atoms with van der Waals surface area (Å²) in [5.41, 5.74) is 0. The number of nitrogens with zero attached hydrogens (tertiary/aromatic N) is 1. The van der Waals surface area contributed by atoms with Crippen molar-refractivity contribution in [3.63, 3.8) is 0 Å². The van der Waals surface area contributed by atoms with Crippen molar-refractivity contribution in [2.45, 2.75) is 0 Å². The summed E-state index contributed by atoms with van der Waals surface area (Å²) in [7, 11) is 0. The minimum atomic E-state index is 0.00569. The van der Waals surface area contributed by atoms with Crippen molar-refractivity contribution in [2.75, 3.05) is 19.8 Å². The van der Waals surface area contributed by atoms with Crippen LogP contribution in [0.4, 0.5) is 0 Å². The predicted molar refractivity (Wildman–Crippen MR) is 37.0 cm³/mol. The van der Waals surface area contributed by atoms with Crippen LogP contribution in [0.5, 0.6) is 0 Å². The molecule has 1 fully saturated rings. The van der Waals surface area contributed by atoms with Crippen molar-refractivity contribution >= 4 is 5.91 Å². The first-order chi connectivity index (χ1) is 4.84. The Bertz CT molecular complexity index is 145. The molecule has 1 aliphatic rings. The molecule has 1 amide bonds. The highest BCUT2D eigenvalue weighted by Gasteiger charge is 2.16. The van der Waals surface area contributed by atoms with E-state index in [1.165, 1.54) is 0 Å². The highest BCUT2D eigenvalue weighted by molar-refractivity contribution is 5.78. The quantitative estimate of drug-likeness (QED) is 0.548. The molecule has 3 heteroatoms. The molecule has 10 heavy (non-hydrogen) atoms. The van der Waals surface area contributed by atoms with Crippen LogP contribution in [-0.4, -0.2) is 30.6 Å². The van der Waals surface area contributed by atoms with Crippen molar-refractivity contribution < 1.29 is 9.53 Å². The SMILES string of the molecule is C=C[CH]N1CCOCC1=O. The standard InChI is InChI=1S/C7H10NO2/c1-2-3-8-4-5-10-6-7(8)9/h2-3H,1,4-6H2. The molecule has 1 rings (SSSR count). The van der Waals surface area contributed by atoms with Gasteiger partial charge in [0.2, 0.25) is 5.91 Å². The molecule has 0 aliphatic carbocycles. The first-order valence-corrected chi connectivity index (χ1v) is 3.17. The van der Waals surface area contributed by atoms with Crippen LogP contribution in [0, 0.1) is 6.54 Å². The van der Waals surface area contributed by atoms with Crippen LogP contribution in [-0.2, 0) is 9.53 Å². The van der Waals surface area contributed by atoms with Crippen LogP contribution < -0.4 is 0 Å². The molecule has 55 valence electrons. The predicted octanol–water partition coefficient (Wildman–Crippen LogP) is 0.193. The molecule has 1 heterocycles. The average molecular weight is 140 g/mol. The summed E-state index contributed by atoms with van der Waals surface area (Å²) in [6.07, 6.45) is 1.60. The zero-order valence-electron chi connectivity index (χ0n) is 5.75. The second kappa shape index (κ2) is 3.37. The van der Waals surface area contributed by atoms with Gasteiger partial charge >= 0.3 is 0 Å². The molecule has 0 aromatic carbocycles. The minimum absolute atomic E-state index is 0.00569. The molecule has 0 spiro atoms. The van der Waals surface area contributed by atoms with Gasteiger partial charge in [-0.25, -0.2) is 0 Å². The molecular formula is C7H10NO2. The second-order valence-electron chi connectivity index (χ2n) is 2.02. The van der Waals surface area contributed by atoms with Gasteiger partial charge in [-0.1, -0.05) is 6.08 Å². The van der Waals surface area contributed by atoms with Crippen LogP contribution in [0.25, 0.3) is 0 Å². The van der Waals surface area contributed by atoms with E-state index in [1.54, 1.807) is 17.5 Å². The van der Waals surface area contributed by atoms with Gasteiger partial charge in [-0.05, 0) is 0 Å². The van der Waals surface area contributed by atoms with Gasteiger partial charge in [0.05, 0.1) is 13.2 Å². The Morgan fingerprint density at radius 3 is 3.10 bits per heavy atom. The lowest BCUT2D eigenvalue weighted by molar-refractivity contribution is -0.140. The van der Waals surface area contributed by atoms with Crippen molar-refractivity contribution in [1.82, 2.24) is 4.90 Å². The lowest BCUT2D eigenvalue weighted by Crippen LogP contribution is -2.39. The van der Waals surface area contributed by atoms with Crippen molar-refractivity contribution in [3.8, 4) is 0 Å². The number of morpholine rings is 1. The maximum absolute atomic E-state index is 10.9. The van der Waals surface area contributed by atoms with Gasteiger partial charge < -0.3 is 9.64 Å². The van der Waals surface area contributed by atoms with E-state index < -0.39 is 0 Å². The van der Waals surface area contributed by atoms with Gasteiger partial charge in [-0.15, -0.1) is 6.58 Å². The normalized spacial score (nSPS) is 19.2. The molecule has 0 unspecified atom stereocenters. The summed E-state index contributed by atoms with van der Waals surface area (Å²) in [6, 6.07) is 0. The Morgan fingerprint density at radius 1 is 1.70 bits per heavy atom. The molecule has 0 N–H and O–H groups in total. The number of carbonyl (C=O) groups excluding carboxylic acids is 1. The lowest BCUT2D eigenvalue weighted by Gasteiger charge is -2.24. The van der Waals surface area contributed by atoms with Gasteiger partial charge in [0, 0.05) is 6.54 Å². The van der Waals surface area contributed by atoms with Gasteiger partial charge in [0.15, 0.2) is 0 Å². The van der Waals surface area contributed by atoms with E-state index >= 15 is 0 Å². The van der Waals surface area contributed by atoms with Crippen molar-refractivity contribution in [3.05, 3.63) is 19.2 Å². The van der Waals surface area contributed by atoms with Crippen molar-refractivity contribution in [2.24, 2.45) is 0 Å². The Kier molecular flexibility index (Phi) is 2.45. The zero-order valence-corrected chi connectivity index (χ0v) is 5.75. The molecule has 1 radical (unpaired) electrons. The van der Waals surface area contributed by atoms with Crippen LogP contribution in [0.1, 0.15) is 0 Å². The molecule has 0 saturated carbocycles. The number of ether oxygens (including phenoxy) is 1. The van der Waals surface area contributed by atoms with Gasteiger partial charge in [0.1, 0.15) is 6.61 Å². The monoisotopic (exact) mass is 140 g/mol. The first kappa shape index (κ1) is 7.28. The maximum atomic E-state index is 10.9. The smallest absolute Gasteiger partial charge is 0.249 e. The lowest BCUT2D eigenvalue weighted by atomic mass is 10.4.